The van der Waals surface area contributed by atoms with E-state index in [2.05, 4.69) is 15.1 Å². The molecule has 0 aliphatic carbocycles. The van der Waals surface area contributed by atoms with E-state index in [1.807, 2.05) is 0 Å². The van der Waals surface area contributed by atoms with Crippen LogP contribution in [-0.2, 0) is 0 Å². The predicted molar refractivity (Wildman–Crippen MR) is 40.8 cm³/mol. The Kier molecular flexibility index (Phi) is 2.22. The lowest BCUT2D eigenvalue weighted by molar-refractivity contribution is 0.321. The van der Waals surface area contributed by atoms with Crippen molar-refractivity contribution < 1.29 is 5.21 Å². The Hall–Kier alpha value is -1.36. The summed E-state index contributed by atoms with van der Waals surface area (Å²) in [7, 11) is 0. The van der Waals surface area contributed by atoms with E-state index >= 15 is 0 Å². The van der Waals surface area contributed by atoms with Gasteiger partial charge in [-0.25, -0.2) is 9.97 Å². The third kappa shape index (κ3) is 1.78. The number of anilines is 1. The van der Waals surface area contributed by atoms with Crippen LogP contribution in [0.2, 0.25) is 5.15 Å². The molecule has 0 saturated heterocycles. The van der Waals surface area contributed by atoms with Crippen molar-refractivity contribution in [2.24, 2.45) is 5.16 Å². The Morgan fingerprint density at radius 3 is 3.00 bits per heavy atom. The SMILES string of the molecule is Nc1cnc(/C=N/O)c(Cl)n1. The number of nitrogens with two attached hydrogens (primary N) is 1. The third-order valence-corrected chi connectivity index (χ3v) is 1.23. The van der Waals surface area contributed by atoms with Crippen molar-refractivity contribution in [2.45, 2.75) is 0 Å². The van der Waals surface area contributed by atoms with Gasteiger partial charge >= 0.3 is 0 Å². The molecule has 0 aliphatic rings. The van der Waals surface area contributed by atoms with Gasteiger partial charge in [0.1, 0.15) is 11.5 Å². The molecular weight excluding hydrogens is 168 g/mol. The lowest BCUT2D eigenvalue weighted by atomic mass is 10.5. The van der Waals surface area contributed by atoms with E-state index in [1.54, 1.807) is 0 Å². The van der Waals surface area contributed by atoms with Crippen LogP contribution >= 0.6 is 11.6 Å². The quantitative estimate of drug-likeness (QED) is 0.368. The maximum absolute atomic E-state index is 8.13. The first-order valence-electron chi connectivity index (χ1n) is 2.69. The summed E-state index contributed by atoms with van der Waals surface area (Å²) in [6, 6.07) is 0. The maximum atomic E-state index is 8.13. The van der Waals surface area contributed by atoms with Crippen molar-refractivity contribution in [3.63, 3.8) is 0 Å². The molecule has 0 atom stereocenters. The number of nitrogens with zero attached hydrogens (tertiary/aromatic N) is 3. The zero-order valence-corrected chi connectivity index (χ0v) is 6.15. The van der Waals surface area contributed by atoms with Crippen LogP contribution in [0, 0.1) is 0 Å². The van der Waals surface area contributed by atoms with E-state index in [9.17, 15) is 0 Å². The van der Waals surface area contributed by atoms with Crippen LogP contribution in [-0.4, -0.2) is 21.4 Å². The second-order valence-corrected chi connectivity index (χ2v) is 2.07. The molecule has 0 radical (unpaired) electrons. The average Bonchev–Trinajstić information content (AvgIpc) is 1.95. The summed E-state index contributed by atoms with van der Waals surface area (Å²) >= 11 is 5.55. The van der Waals surface area contributed by atoms with Gasteiger partial charge in [-0.2, -0.15) is 0 Å². The Bertz CT molecular complexity index is 288. The van der Waals surface area contributed by atoms with E-state index in [4.69, 9.17) is 22.5 Å². The van der Waals surface area contributed by atoms with E-state index in [0.29, 0.717) is 0 Å². The minimum Gasteiger partial charge on any atom is -0.411 e. The lowest BCUT2D eigenvalue weighted by Crippen LogP contribution is -1.96. The maximum Gasteiger partial charge on any atom is 0.158 e. The molecule has 58 valence electrons. The Morgan fingerprint density at radius 2 is 2.45 bits per heavy atom. The van der Waals surface area contributed by atoms with E-state index in [1.165, 1.54) is 6.20 Å². The number of rotatable bonds is 1. The van der Waals surface area contributed by atoms with Crippen LogP contribution in [0.25, 0.3) is 0 Å². The van der Waals surface area contributed by atoms with Gasteiger partial charge in [0.2, 0.25) is 0 Å². The number of nitrogen functional groups attached to an aromatic ring is 1. The smallest absolute Gasteiger partial charge is 0.158 e. The Labute approximate surface area is 67.5 Å². The van der Waals surface area contributed by atoms with Gasteiger partial charge in [-0.1, -0.05) is 16.8 Å². The van der Waals surface area contributed by atoms with Gasteiger partial charge in [0, 0.05) is 0 Å². The van der Waals surface area contributed by atoms with E-state index < -0.39 is 0 Å². The van der Waals surface area contributed by atoms with Crippen molar-refractivity contribution in [3.8, 4) is 0 Å². The van der Waals surface area contributed by atoms with Crippen molar-refractivity contribution in [1.82, 2.24) is 9.97 Å². The summed E-state index contributed by atoms with van der Waals surface area (Å²) < 4.78 is 0. The summed E-state index contributed by atoms with van der Waals surface area (Å²) in [5.41, 5.74) is 5.54. The fraction of sp³-hybridized carbons (Fsp3) is 0. The van der Waals surface area contributed by atoms with E-state index in [0.717, 1.165) is 6.21 Å². The molecule has 6 heteroatoms. The molecule has 3 N–H and O–H groups in total. The van der Waals surface area contributed by atoms with Gasteiger partial charge < -0.3 is 10.9 Å². The zero-order chi connectivity index (χ0) is 8.27. The second kappa shape index (κ2) is 3.16. The van der Waals surface area contributed by atoms with Gasteiger partial charge in [0.15, 0.2) is 5.15 Å². The minimum absolute atomic E-state index is 0.114. The van der Waals surface area contributed by atoms with Gasteiger partial charge in [0.05, 0.1) is 12.4 Å². The van der Waals surface area contributed by atoms with Crippen molar-refractivity contribution in [2.75, 3.05) is 5.73 Å². The van der Waals surface area contributed by atoms with Crippen LogP contribution in [0.1, 0.15) is 5.69 Å². The fourth-order valence-electron chi connectivity index (χ4n) is 0.530. The average molecular weight is 173 g/mol. The highest BCUT2D eigenvalue weighted by atomic mass is 35.5. The Morgan fingerprint density at radius 1 is 1.73 bits per heavy atom. The number of oxime groups is 1. The molecule has 11 heavy (non-hydrogen) atoms. The topological polar surface area (TPSA) is 84.4 Å². The van der Waals surface area contributed by atoms with Gasteiger partial charge in [-0.15, -0.1) is 0 Å². The normalized spacial score (nSPS) is 10.6. The van der Waals surface area contributed by atoms with E-state index in [-0.39, 0.29) is 16.7 Å². The molecule has 1 heterocycles. The van der Waals surface area contributed by atoms with Gasteiger partial charge in [0.25, 0.3) is 0 Å². The Balaban J connectivity index is 3.09. The number of aromatic nitrogens is 2. The molecule has 1 rings (SSSR count). The van der Waals surface area contributed by atoms with Crippen LogP contribution < -0.4 is 5.73 Å². The highest BCUT2D eigenvalue weighted by Gasteiger charge is 1.99. The molecule has 0 aromatic carbocycles. The molecule has 0 spiro atoms. The minimum atomic E-state index is 0.114. The molecule has 0 amide bonds. The van der Waals surface area contributed by atoms with Gasteiger partial charge in [-0.3, -0.25) is 0 Å². The first-order chi connectivity index (χ1) is 5.24. The largest absolute Gasteiger partial charge is 0.411 e. The van der Waals surface area contributed by atoms with Crippen LogP contribution in [0.5, 0.6) is 0 Å². The van der Waals surface area contributed by atoms with Crippen LogP contribution in [0.3, 0.4) is 0 Å². The second-order valence-electron chi connectivity index (χ2n) is 1.72. The molecule has 0 saturated carbocycles. The van der Waals surface area contributed by atoms with Crippen molar-refractivity contribution >= 4 is 23.6 Å². The highest BCUT2D eigenvalue weighted by Crippen LogP contribution is 2.08. The summed E-state index contributed by atoms with van der Waals surface area (Å²) in [5, 5.41) is 11.0. The first kappa shape index (κ1) is 7.74. The molecule has 0 unspecified atom stereocenters. The van der Waals surface area contributed by atoms with Crippen LogP contribution in [0.4, 0.5) is 5.82 Å². The third-order valence-electron chi connectivity index (χ3n) is 0.955. The highest BCUT2D eigenvalue weighted by molar-refractivity contribution is 6.31. The summed E-state index contributed by atoms with van der Waals surface area (Å²) in [4.78, 5) is 7.41. The predicted octanol–water partition coefficient (Wildman–Crippen LogP) is 0.520. The first-order valence-corrected chi connectivity index (χ1v) is 3.07. The lowest BCUT2D eigenvalue weighted by Gasteiger charge is -1.94. The zero-order valence-electron chi connectivity index (χ0n) is 5.40. The molecule has 1 aromatic rings. The number of hydrogen-bond donors (Lipinski definition) is 2. The molecule has 1 aromatic heterocycles. The molecule has 0 bridgehead atoms. The van der Waals surface area contributed by atoms with Gasteiger partial charge in [-0.05, 0) is 0 Å². The number of halogens is 1. The van der Waals surface area contributed by atoms with Crippen molar-refractivity contribution in [3.05, 3.63) is 17.0 Å². The van der Waals surface area contributed by atoms with Crippen LogP contribution in [0.15, 0.2) is 11.4 Å². The molecular formula is C5H5ClN4O. The monoisotopic (exact) mass is 172 g/mol. The summed E-state index contributed by atoms with van der Waals surface area (Å²) in [6.07, 6.45) is 2.40. The molecule has 0 fully saturated rings. The van der Waals surface area contributed by atoms with Crippen molar-refractivity contribution in [1.29, 1.82) is 0 Å². The molecule has 5 nitrogen and oxygen atoms in total. The number of hydrogen-bond acceptors (Lipinski definition) is 5. The summed E-state index contributed by atoms with van der Waals surface area (Å²) in [5.74, 6) is 0.227. The summed E-state index contributed by atoms with van der Waals surface area (Å²) in [6.45, 7) is 0. The fourth-order valence-corrected chi connectivity index (χ4v) is 0.725. The molecule has 0 aliphatic heterocycles. The standard InChI is InChI=1S/C5H5ClN4O/c6-5-3(1-9-11)8-2-4(7)10-5/h1-2,11H,(H2,7,10)/b9-1+.